The predicted octanol–water partition coefficient (Wildman–Crippen LogP) is 2.90. The van der Waals surface area contributed by atoms with Gasteiger partial charge in [0.15, 0.2) is 0 Å². The van der Waals surface area contributed by atoms with Crippen LogP contribution in [0.4, 0.5) is 20.6 Å². The van der Waals surface area contributed by atoms with Crippen LogP contribution in [0.2, 0.25) is 0 Å². The lowest BCUT2D eigenvalue weighted by atomic mass is 10.1. The lowest BCUT2D eigenvalue weighted by Gasteiger charge is -2.28. The molecule has 1 aromatic heterocycles. The van der Waals surface area contributed by atoms with Crippen LogP contribution in [0.5, 0.6) is 0 Å². The Labute approximate surface area is 178 Å². The Balaban J connectivity index is 1.45. The molecule has 0 radical (unpaired) electrons. The molecule has 2 amide bonds. The average molecular weight is 431 g/mol. The number of anilines is 2. The van der Waals surface area contributed by atoms with E-state index in [1.54, 1.807) is 24.4 Å². The maximum atomic E-state index is 14.7. The third-order valence-corrected chi connectivity index (χ3v) is 6.05. The van der Waals surface area contributed by atoms with E-state index in [0.717, 1.165) is 24.6 Å². The number of nitrogens with one attached hydrogen (secondary N) is 1. The number of rotatable bonds is 5. The molecule has 7 nitrogen and oxygen atoms in total. The minimum absolute atomic E-state index is 0.173. The second-order valence-corrected chi connectivity index (χ2v) is 8.45. The van der Waals surface area contributed by atoms with Crippen molar-refractivity contribution in [2.24, 2.45) is 0 Å². The number of hydrogen-bond donors (Lipinski definition) is 1. The SMILES string of the molecule is CC(=O)NCC1CN(c2ccc(-c3ccc(N4CCSCC4)c(F)c3)nc2)C(=O)O1. The standard InChI is InChI=1S/C21H23FN4O3S/c1-14(27)23-12-17-13-26(21(28)29-17)16-3-4-19(24-11-16)15-2-5-20(18(22)10-15)25-6-8-30-9-7-25/h2-5,10-11,17H,6-9,12-13H2,1H3,(H,23,27). The summed E-state index contributed by atoms with van der Waals surface area (Å²) in [6.07, 6.45) is 0.691. The van der Waals surface area contributed by atoms with Crippen molar-refractivity contribution in [1.29, 1.82) is 0 Å². The molecule has 3 heterocycles. The smallest absolute Gasteiger partial charge is 0.414 e. The molecule has 158 valence electrons. The number of cyclic esters (lactones) is 1. The molecule has 2 saturated heterocycles. The third-order valence-electron chi connectivity index (χ3n) is 5.11. The van der Waals surface area contributed by atoms with Crippen molar-refractivity contribution in [2.45, 2.75) is 13.0 Å². The van der Waals surface area contributed by atoms with E-state index in [4.69, 9.17) is 4.74 Å². The Morgan fingerprint density at radius 3 is 2.77 bits per heavy atom. The summed E-state index contributed by atoms with van der Waals surface area (Å²) in [4.78, 5) is 31.1. The average Bonchev–Trinajstić information content (AvgIpc) is 3.13. The summed E-state index contributed by atoms with van der Waals surface area (Å²) >= 11 is 1.89. The molecule has 2 aliphatic heterocycles. The Morgan fingerprint density at radius 1 is 1.30 bits per heavy atom. The van der Waals surface area contributed by atoms with E-state index in [1.165, 1.54) is 17.9 Å². The number of nitrogens with zero attached hydrogens (tertiary/aromatic N) is 3. The summed E-state index contributed by atoms with van der Waals surface area (Å²) in [5.74, 6) is 1.59. The van der Waals surface area contributed by atoms with Gasteiger partial charge in [0.2, 0.25) is 5.91 Å². The molecule has 1 N–H and O–H groups in total. The minimum atomic E-state index is -0.477. The third kappa shape index (κ3) is 4.51. The largest absolute Gasteiger partial charge is 0.442 e. The lowest BCUT2D eigenvalue weighted by Crippen LogP contribution is -2.33. The molecule has 0 saturated carbocycles. The molecule has 0 aliphatic carbocycles. The summed E-state index contributed by atoms with van der Waals surface area (Å²) < 4.78 is 20.0. The van der Waals surface area contributed by atoms with Crippen molar-refractivity contribution in [2.75, 3.05) is 47.5 Å². The molecule has 0 bridgehead atoms. The first-order chi connectivity index (χ1) is 14.5. The van der Waals surface area contributed by atoms with Crippen LogP contribution in [-0.2, 0) is 9.53 Å². The number of amides is 2. The highest BCUT2D eigenvalue weighted by molar-refractivity contribution is 7.99. The van der Waals surface area contributed by atoms with Crippen molar-refractivity contribution in [3.63, 3.8) is 0 Å². The van der Waals surface area contributed by atoms with Gasteiger partial charge in [-0.1, -0.05) is 6.07 Å². The zero-order valence-corrected chi connectivity index (χ0v) is 17.5. The van der Waals surface area contributed by atoms with Gasteiger partial charge in [-0.05, 0) is 24.3 Å². The van der Waals surface area contributed by atoms with Crippen molar-refractivity contribution in [1.82, 2.24) is 10.3 Å². The van der Waals surface area contributed by atoms with Gasteiger partial charge in [-0.15, -0.1) is 0 Å². The molecule has 2 aromatic rings. The zero-order valence-electron chi connectivity index (χ0n) is 16.6. The summed E-state index contributed by atoms with van der Waals surface area (Å²) in [6.45, 7) is 3.71. The number of benzene rings is 1. The van der Waals surface area contributed by atoms with Gasteiger partial charge in [0, 0.05) is 37.1 Å². The molecule has 4 rings (SSSR count). The number of halogens is 1. The monoisotopic (exact) mass is 430 g/mol. The van der Waals surface area contributed by atoms with Gasteiger partial charge in [-0.2, -0.15) is 11.8 Å². The van der Waals surface area contributed by atoms with Crippen LogP contribution in [0.3, 0.4) is 0 Å². The van der Waals surface area contributed by atoms with Crippen molar-refractivity contribution in [3.05, 3.63) is 42.3 Å². The molecule has 2 aliphatic rings. The van der Waals surface area contributed by atoms with Crippen molar-refractivity contribution < 1.29 is 18.7 Å². The molecule has 1 unspecified atom stereocenters. The highest BCUT2D eigenvalue weighted by Gasteiger charge is 2.32. The van der Waals surface area contributed by atoms with E-state index < -0.39 is 12.2 Å². The summed E-state index contributed by atoms with van der Waals surface area (Å²) in [7, 11) is 0. The second kappa shape index (κ2) is 8.91. The summed E-state index contributed by atoms with van der Waals surface area (Å²) in [5.41, 5.74) is 2.53. The Bertz CT molecular complexity index is 934. The first-order valence-corrected chi connectivity index (χ1v) is 11.0. The molecular formula is C21H23FN4O3S. The van der Waals surface area contributed by atoms with Crippen molar-refractivity contribution in [3.8, 4) is 11.3 Å². The van der Waals surface area contributed by atoms with Gasteiger partial charge < -0.3 is 15.0 Å². The van der Waals surface area contributed by atoms with E-state index in [0.29, 0.717) is 29.2 Å². The van der Waals surface area contributed by atoms with Crippen LogP contribution >= 0.6 is 11.8 Å². The van der Waals surface area contributed by atoms with Crippen LogP contribution in [0, 0.1) is 5.82 Å². The molecule has 30 heavy (non-hydrogen) atoms. The highest BCUT2D eigenvalue weighted by Crippen LogP contribution is 2.29. The molecule has 1 aromatic carbocycles. The zero-order chi connectivity index (χ0) is 21.1. The first kappa shape index (κ1) is 20.5. The fourth-order valence-corrected chi connectivity index (χ4v) is 4.44. The normalized spacial score (nSPS) is 19.0. The topological polar surface area (TPSA) is 74.8 Å². The fraction of sp³-hybridized carbons (Fsp3) is 0.381. The number of carbonyl (C=O) groups excluding carboxylic acids is 2. The van der Waals surface area contributed by atoms with Gasteiger partial charge in [-0.25, -0.2) is 9.18 Å². The number of carbonyl (C=O) groups is 2. The van der Waals surface area contributed by atoms with Crippen molar-refractivity contribution >= 4 is 35.1 Å². The number of pyridine rings is 1. The van der Waals surface area contributed by atoms with Gasteiger partial charge in [-0.3, -0.25) is 14.7 Å². The van der Waals surface area contributed by atoms with E-state index in [1.807, 2.05) is 17.8 Å². The molecule has 9 heteroatoms. The van der Waals surface area contributed by atoms with Crippen LogP contribution in [0.1, 0.15) is 6.92 Å². The van der Waals surface area contributed by atoms with Gasteiger partial charge in [0.1, 0.15) is 11.9 Å². The maximum absolute atomic E-state index is 14.7. The molecule has 0 spiro atoms. The maximum Gasteiger partial charge on any atom is 0.414 e. The number of aromatic nitrogens is 1. The quantitative estimate of drug-likeness (QED) is 0.786. The number of hydrogen-bond acceptors (Lipinski definition) is 6. The lowest BCUT2D eigenvalue weighted by molar-refractivity contribution is -0.119. The molecule has 1 atom stereocenters. The van der Waals surface area contributed by atoms with Gasteiger partial charge in [0.25, 0.3) is 0 Å². The van der Waals surface area contributed by atoms with E-state index >= 15 is 0 Å². The van der Waals surface area contributed by atoms with Crippen LogP contribution in [0.15, 0.2) is 36.5 Å². The highest BCUT2D eigenvalue weighted by atomic mass is 32.2. The summed E-state index contributed by atoms with van der Waals surface area (Å²) in [6, 6.07) is 8.71. The van der Waals surface area contributed by atoms with Gasteiger partial charge in [0.05, 0.1) is 36.4 Å². The number of thioether (sulfide) groups is 1. The minimum Gasteiger partial charge on any atom is -0.442 e. The van der Waals surface area contributed by atoms with E-state index in [2.05, 4.69) is 15.2 Å². The molecular weight excluding hydrogens is 407 g/mol. The van der Waals surface area contributed by atoms with Crippen LogP contribution in [0.25, 0.3) is 11.3 Å². The first-order valence-electron chi connectivity index (χ1n) is 9.82. The second-order valence-electron chi connectivity index (χ2n) is 7.22. The Kier molecular flexibility index (Phi) is 6.08. The molecule has 2 fully saturated rings. The Morgan fingerprint density at radius 2 is 2.10 bits per heavy atom. The van der Waals surface area contributed by atoms with E-state index in [-0.39, 0.29) is 18.3 Å². The van der Waals surface area contributed by atoms with E-state index in [9.17, 15) is 14.0 Å². The fourth-order valence-electron chi connectivity index (χ4n) is 3.54. The van der Waals surface area contributed by atoms with Crippen LogP contribution in [-0.4, -0.2) is 60.8 Å². The summed E-state index contributed by atoms with van der Waals surface area (Å²) in [5, 5.41) is 2.65. The van der Waals surface area contributed by atoms with Crippen LogP contribution < -0.4 is 15.1 Å². The van der Waals surface area contributed by atoms with Gasteiger partial charge >= 0.3 is 6.09 Å². The number of ether oxygens (including phenoxy) is 1. The Hall–Kier alpha value is -2.81. The predicted molar refractivity (Wildman–Crippen MR) is 115 cm³/mol.